The second-order valence-corrected chi connectivity index (χ2v) is 8.01. The third-order valence-electron chi connectivity index (χ3n) is 3.89. The van der Waals surface area contributed by atoms with E-state index in [0.29, 0.717) is 36.7 Å². The number of sulfonamides is 1. The van der Waals surface area contributed by atoms with Crippen LogP contribution in [0.5, 0.6) is 5.75 Å². The molecule has 2 aliphatic rings. The van der Waals surface area contributed by atoms with Gasteiger partial charge in [-0.1, -0.05) is 23.7 Å². The molecule has 1 saturated carbocycles. The first kappa shape index (κ1) is 14.6. The van der Waals surface area contributed by atoms with Crippen LogP contribution in [0.3, 0.4) is 0 Å². The van der Waals surface area contributed by atoms with Gasteiger partial charge in [0.1, 0.15) is 11.9 Å². The molecule has 1 aromatic rings. The molecule has 0 bridgehead atoms. The van der Waals surface area contributed by atoms with Crippen molar-refractivity contribution in [2.45, 2.75) is 18.9 Å². The molecule has 0 unspecified atom stereocenters. The highest BCUT2D eigenvalue weighted by molar-refractivity contribution is 7.89. The molecule has 1 heterocycles. The van der Waals surface area contributed by atoms with Gasteiger partial charge in [-0.15, -0.1) is 0 Å². The maximum absolute atomic E-state index is 12.2. The van der Waals surface area contributed by atoms with Crippen LogP contribution in [-0.2, 0) is 10.0 Å². The Hall–Kier alpha value is -1.29. The summed E-state index contributed by atoms with van der Waals surface area (Å²) in [5.74, 6) is 0.492. The molecule has 0 amide bonds. The predicted molar refractivity (Wildman–Crippen MR) is 78.5 cm³/mol. The first-order valence-corrected chi connectivity index (χ1v) is 8.73. The van der Waals surface area contributed by atoms with Crippen molar-refractivity contribution < 1.29 is 13.2 Å². The van der Waals surface area contributed by atoms with Gasteiger partial charge in [0, 0.05) is 0 Å². The van der Waals surface area contributed by atoms with Gasteiger partial charge in [0.15, 0.2) is 0 Å². The first-order valence-electron chi connectivity index (χ1n) is 6.74. The van der Waals surface area contributed by atoms with E-state index in [9.17, 15) is 8.42 Å². The number of rotatable bonds is 5. The fourth-order valence-electron chi connectivity index (χ4n) is 2.30. The summed E-state index contributed by atoms with van der Waals surface area (Å²) in [5.41, 5.74) is -0.645. The van der Waals surface area contributed by atoms with Crippen LogP contribution in [0.15, 0.2) is 24.3 Å². The molecule has 5 nitrogen and oxygen atoms in total. The molecule has 0 atom stereocenters. The van der Waals surface area contributed by atoms with Crippen LogP contribution in [0, 0.1) is 16.7 Å². The van der Waals surface area contributed by atoms with Gasteiger partial charge in [0.05, 0.1) is 35.3 Å². The minimum absolute atomic E-state index is 0.0741. The van der Waals surface area contributed by atoms with Gasteiger partial charge in [0.25, 0.3) is 0 Å². The molecular formula is C14H15ClN2O3S. The molecule has 1 saturated heterocycles. The van der Waals surface area contributed by atoms with Crippen molar-refractivity contribution in [1.29, 1.82) is 5.26 Å². The van der Waals surface area contributed by atoms with E-state index in [-0.39, 0.29) is 11.9 Å². The summed E-state index contributed by atoms with van der Waals surface area (Å²) < 4.78 is 31.4. The van der Waals surface area contributed by atoms with Crippen LogP contribution < -0.4 is 4.74 Å². The topological polar surface area (TPSA) is 70.4 Å². The standard InChI is InChI=1S/C14H15ClN2O3S/c15-12-3-1-2-4-13(12)20-11-7-17(8-11)21(18,19)10-14(9-16)5-6-14/h1-4,11H,5-8,10H2. The number of benzene rings is 1. The third kappa shape index (κ3) is 3.00. The molecular weight excluding hydrogens is 312 g/mol. The maximum Gasteiger partial charge on any atom is 0.215 e. The summed E-state index contributed by atoms with van der Waals surface area (Å²) in [6, 6.07) is 9.23. The van der Waals surface area contributed by atoms with Crippen LogP contribution in [0.1, 0.15) is 12.8 Å². The van der Waals surface area contributed by atoms with Crippen LogP contribution >= 0.6 is 11.6 Å². The normalized spacial score (nSPS) is 21.3. The Morgan fingerprint density at radius 1 is 1.38 bits per heavy atom. The second kappa shape index (κ2) is 5.16. The van der Waals surface area contributed by atoms with Gasteiger partial charge in [-0.3, -0.25) is 0 Å². The van der Waals surface area contributed by atoms with Gasteiger partial charge >= 0.3 is 0 Å². The van der Waals surface area contributed by atoms with Crippen LogP contribution in [0.4, 0.5) is 0 Å². The first-order chi connectivity index (χ1) is 9.94. The number of hydrogen-bond acceptors (Lipinski definition) is 4. The van der Waals surface area contributed by atoms with E-state index in [1.54, 1.807) is 12.1 Å². The summed E-state index contributed by atoms with van der Waals surface area (Å²) in [7, 11) is -3.37. The zero-order valence-electron chi connectivity index (χ0n) is 11.3. The summed E-state index contributed by atoms with van der Waals surface area (Å²) in [4.78, 5) is 0. The second-order valence-electron chi connectivity index (χ2n) is 5.64. The predicted octanol–water partition coefficient (Wildman–Crippen LogP) is 2.04. The van der Waals surface area contributed by atoms with Crippen LogP contribution in [0.2, 0.25) is 5.02 Å². The fourth-order valence-corrected chi connectivity index (χ4v) is 4.50. The van der Waals surface area contributed by atoms with Gasteiger partial charge in [0.2, 0.25) is 10.0 Å². The molecule has 0 spiro atoms. The number of para-hydroxylation sites is 1. The molecule has 0 radical (unpaired) electrons. The van der Waals surface area contributed by atoms with Gasteiger partial charge in [-0.2, -0.15) is 9.57 Å². The lowest BCUT2D eigenvalue weighted by molar-refractivity contribution is 0.0761. The molecule has 0 N–H and O–H groups in total. The van der Waals surface area contributed by atoms with Gasteiger partial charge < -0.3 is 4.74 Å². The highest BCUT2D eigenvalue weighted by Gasteiger charge is 2.50. The number of nitriles is 1. The SMILES string of the molecule is N#CC1(CS(=O)(=O)N2CC(Oc3ccccc3Cl)C2)CC1. The van der Waals surface area contributed by atoms with E-state index in [4.69, 9.17) is 21.6 Å². The summed E-state index contributed by atoms with van der Waals surface area (Å²) in [6.07, 6.45) is 1.17. The molecule has 7 heteroatoms. The molecule has 21 heavy (non-hydrogen) atoms. The number of hydrogen-bond donors (Lipinski definition) is 0. The Morgan fingerprint density at radius 2 is 2.05 bits per heavy atom. The smallest absolute Gasteiger partial charge is 0.215 e. The lowest BCUT2D eigenvalue weighted by atomic mass is 10.2. The van der Waals surface area contributed by atoms with E-state index in [1.807, 2.05) is 12.1 Å². The molecule has 2 fully saturated rings. The molecule has 1 aromatic carbocycles. The van der Waals surface area contributed by atoms with Crippen molar-refractivity contribution >= 4 is 21.6 Å². The van der Waals surface area contributed by atoms with Gasteiger partial charge in [-0.05, 0) is 25.0 Å². The maximum atomic E-state index is 12.2. The molecule has 1 aliphatic heterocycles. The van der Waals surface area contributed by atoms with Crippen molar-refractivity contribution in [2.75, 3.05) is 18.8 Å². The Bertz CT molecular complexity index is 688. The van der Waals surface area contributed by atoms with Crippen LogP contribution in [0.25, 0.3) is 0 Å². The average Bonchev–Trinajstić information content (AvgIpc) is 3.14. The Morgan fingerprint density at radius 3 is 2.62 bits per heavy atom. The minimum Gasteiger partial charge on any atom is -0.486 e. The third-order valence-corrected chi connectivity index (χ3v) is 6.20. The molecule has 1 aliphatic carbocycles. The van der Waals surface area contributed by atoms with Crippen molar-refractivity contribution in [3.8, 4) is 11.8 Å². The van der Waals surface area contributed by atoms with Crippen molar-refractivity contribution in [3.63, 3.8) is 0 Å². The summed E-state index contributed by atoms with van der Waals surface area (Å²) >= 11 is 6.00. The molecule has 3 rings (SSSR count). The zero-order valence-corrected chi connectivity index (χ0v) is 12.9. The fraction of sp³-hybridized carbons (Fsp3) is 0.500. The highest BCUT2D eigenvalue weighted by Crippen LogP contribution is 2.46. The van der Waals surface area contributed by atoms with Crippen molar-refractivity contribution in [2.24, 2.45) is 5.41 Å². The van der Waals surface area contributed by atoms with Crippen molar-refractivity contribution in [1.82, 2.24) is 4.31 Å². The van der Waals surface area contributed by atoms with Crippen molar-refractivity contribution in [3.05, 3.63) is 29.3 Å². The largest absolute Gasteiger partial charge is 0.486 e. The minimum atomic E-state index is -3.37. The van der Waals surface area contributed by atoms with E-state index < -0.39 is 15.4 Å². The number of ether oxygens (including phenoxy) is 1. The monoisotopic (exact) mass is 326 g/mol. The summed E-state index contributed by atoms with van der Waals surface area (Å²) in [5, 5.41) is 9.51. The zero-order chi connectivity index (χ0) is 15.1. The quantitative estimate of drug-likeness (QED) is 0.830. The Kier molecular flexibility index (Phi) is 3.60. The van der Waals surface area contributed by atoms with E-state index >= 15 is 0 Å². The highest BCUT2D eigenvalue weighted by atomic mass is 35.5. The van der Waals surface area contributed by atoms with E-state index in [1.165, 1.54) is 4.31 Å². The lowest BCUT2D eigenvalue weighted by Gasteiger charge is -2.38. The Labute approximate surface area is 129 Å². The van der Waals surface area contributed by atoms with E-state index in [2.05, 4.69) is 6.07 Å². The lowest BCUT2D eigenvalue weighted by Crippen LogP contribution is -2.57. The number of halogens is 1. The van der Waals surface area contributed by atoms with Gasteiger partial charge in [-0.25, -0.2) is 8.42 Å². The summed E-state index contributed by atoms with van der Waals surface area (Å²) in [6.45, 7) is 0.629. The molecule has 112 valence electrons. The number of nitrogens with zero attached hydrogens (tertiary/aromatic N) is 2. The van der Waals surface area contributed by atoms with Crippen LogP contribution in [-0.4, -0.2) is 37.7 Å². The average molecular weight is 327 g/mol. The molecule has 0 aromatic heterocycles. The Balaban J connectivity index is 1.56. The van der Waals surface area contributed by atoms with E-state index in [0.717, 1.165) is 0 Å².